The summed E-state index contributed by atoms with van der Waals surface area (Å²) in [5, 5.41) is 0. The van der Waals surface area contributed by atoms with E-state index < -0.39 is 42.1 Å². The van der Waals surface area contributed by atoms with Crippen LogP contribution in [0.15, 0.2) is 18.2 Å². The number of carbonyl (C=O) groups is 4. The molecule has 1 aromatic rings. The molecule has 0 saturated carbocycles. The Morgan fingerprint density at radius 2 is 1.90 bits per heavy atom. The van der Waals surface area contributed by atoms with E-state index in [1.807, 2.05) is 0 Å². The molecular formula is C19H21FN2O7. The van der Waals surface area contributed by atoms with Gasteiger partial charge < -0.3 is 24.0 Å². The molecule has 0 bridgehead atoms. The molecule has 1 unspecified atom stereocenters. The summed E-state index contributed by atoms with van der Waals surface area (Å²) in [4.78, 5) is 51.1. The summed E-state index contributed by atoms with van der Waals surface area (Å²) in [7, 11) is 0. The van der Waals surface area contributed by atoms with E-state index in [2.05, 4.69) is 4.74 Å². The quantitative estimate of drug-likeness (QED) is 0.505. The minimum Gasteiger partial charge on any atom is -0.458 e. The number of rotatable bonds is 5. The van der Waals surface area contributed by atoms with Gasteiger partial charge in [0.1, 0.15) is 5.82 Å². The Bertz CT molecular complexity index is 823. The van der Waals surface area contributed by atoms with Crippen molar-refractivity contribution >= 4 is 29.3 Å². The lowest BCUT2D eigenvalue weighted by Crippen LogP contribution is -2.52. The van der Waals surface area contributed by atoms with Gasteiger partial charge in [0.15, 0.2) is 12.7 Å². The standard InChI is InChI=1S/C19H21FN2O7/c1-12(23)29-11-16(24)17-19(26)22(6-9-28-17)13-2-3-15(20)14(10-13)18(25)21-4-7-27-8-5-21/h2-3,10,17H,4-9,11H2,1H3. The molecule has 9 nitrogen and oxygen atoms in total. The highest BCUT2D eigenvalue weighted by molar-refractivity contribution is 6.12. The van der Waals surface area contributed by atoms with E-state index in [1.165, 1.54) is 21.9 Å². The number of carbonyl (C=O) groups excluding carboxylic acids is 4. The highest BCUT2D eigenvalue weighted by Crippen LogP contribution is 2.24. The Balaban J connectivity index is 1.78. The second-order valence-electron chi connectivity index (χ2n) is 6.56. The van der Waals surface area contributed by atoms with Crippen molar-refractivity contribution < 1.29 is 37.8 Å². The van der Waals surface area contributed by atoms with Gasteiger partial charge in [-0.2, -0.15) is 0 Å². The minimum atomic E-state index is -1.42. The smallest absolute Gasteiger partial charge is 0.303 e. The maximum atomic E-state index is 14.3. The molecule has 0 radical (unpaired) electrons. The van der Waals surface area contributed by atoms with Crippen molar-refractivity contribution in [1.29, 1.82) is 0 Å². The van der Waals surface area contributed by atoms with Gasteiger partial charge in [0.05, 0.1) is 25.4 Å². The maximum Gasteiger partial charge on any atom is 0.303 e. The molecule has 0 N–H and O–H groups in total. The van der Waals surface area contributed by atoms with Crippen molar-refractivity contribution in [2.75, 3.05) is 51.0 Å². The van der Waals surface area contributed by atoms with Gasteiger partial charge in [-0.1, -0.05) is 0 Å². The molecule has 2 saturated heterocycles. The summed E-state index contributed by atoms with van der Waals surface area (Å²) in [5.74, 6) is -3.20. The average molecular weight is 408 g/mol. The minimum absolute atomic E-state index is 0.0618. The van der Waals surface area contributed by atoms with Crippen molar-refractivity contribution in [3.8, 4) is 0 Å². The number of benzene rings is 1. The van der Waals surface area contributed by atoms with Crippen molar-refractivity contribution in [2.45, 2.75) is 13.0 Å². The van der Waals surface area contributed by atoms with Crippen LogP contribution in [0.1, 0.15) is 17.3 Å². The monoisotopic (exact) mass is 408 g/mol. The molecule has 29 heavy (non-hydrogen) atoms. The Morgan fingerprint density at radius 1 is 1.17 bits per heavy atom. The van der Waals surface area contributed by atoms with E-state index in [4.69, 9.17) is 9.47 Å². The molecular weight excluding hydrogens is 387 g/mol. The van der Waals surface area contributed by atoms with Crippen LogP contribution in [0.5, 0.6) is 0 Å². The number of amides is 2. The van der Waals surface area contributed by atoms with Gasteiger partial charge in [-0.05, 0) is 18.2 Å². The molecule has 0 aromatic heterocycles. The van der Waals surface area contributed by atoms with Crippen LogP contribution < -0.4 is 4.90 Å². The molecule has 2 amide bonds. The number of morpholine rings is 2. The van der Waals surface area contributed by atoms with Crippen LogP contribution in [-0.4, -0.2) is 80.6 Å². The van der Waals surface area contributed by atoms with Gasteiger partial charge in [0, 0.05) is 32.2 Å². The molecule has 0 aliphatic carbocycles. The van der Waals surface area contributed by atoms with E-state index in [0.717, 1.165) is 13.0 Å². The fraction of sp³-hybridized carbons (Fsp3) is 0.474. The van der Waals surface area contributed by atoms with Crippen LogP contribution in [0.25, 0.3) is 0 Å². The zero-order valence-corrected chi connectivity index (χ0v) is 15.9. The average Bonchev–Trinajstić information content (AvgIpc) is 2.73. The molecule has 10 heteroatoms. The molecule has 3 rings (SSSR count). The summed E-state index contributed by atoms with van der Waals surface area (Å²) < 4.78 is 29.4. The molecule has 2 heterocycles. The Morgan fingerprint density at radius 3 is 2.59 bits per heavy atom. The van der Waals surface area contributed by atoms with Gasteiger partial charge in [-0.25, -0.2) is 4.39 Å². The Kier molecular flexibility index (Phi) is 6.55. The van der Waals surface area contributed by atoms with Crippen molar-refractivity contribution in [2.24, 2.45) is 0 Å². The van der Waals surface area contributed by atoms with E-state index in [1.54, 1.807) is 0 Å². The first-order chi connectivity index (χ1) is 13.9. The third-order valence-electron chi connectivity index (χ3n) is 4.59. The highest BCUT2D eigenvalue weighted by Gasteiger charge is 2.36. The first kappa shape index (κ1) is 20.9. The number of esters is 1. The molecule has 1 atom stereocenters. The van der Waals surface area contributed by atoms with Crippen LogP contribution in [0, 0.1) is 5.82 Å². The largest absolute Gasteiger partial charge is 0.458 e. The summed E-state index contributed by atoms with van der Waals surface area (Å²) in [6.07, 6.45) is -1.42. The number of nitrogens with zero attached hydrogens (tertiary/aromatic N) is 2. The van der Waals surface area contributed by atoms with E-state index in [-0.39, 0.29) is 24.4 Å². The lowest BCUT2D eigenvalue weighted by atomic mass is 10.1. The molecule has 2 fully saturated rings. The summed E-state index contributed by atoms with van der Waals surface area (Å²) in [5.41, 5.74) is 0.119. The normalized spacial score (nSPS) is 19.8. The van der Waals surface area contributed by atoms with Crippen molar-refractivity contribution in [3.05, 3.63) is 29.6 Å². The number of ether oxygens (including phenoxy) is 3. The van der Waals surface area contributed by atoms with Crippen LogP contribution in [-0.2, 0) is 28.6 Å². The zero-order valence-electron chi connectivity index (χ0n) is 15.9. The molecule has 2 aliphatic rings. The third-order valence-corrected chi connectivity index (χ3v) is 4.59. The lowest BCUT2D eigenvalue weighted by Gasteiger charge is -2.32. The number of anilines is 1. The summed E-state index contributed by atoms with van der Waals surface area (Å²) in [6, 6.07) is 3.77. The van der Waals surface area contributed by atoms with Crippen LogP contribution in [0.3, 0.4) is 0 Å². The summed E-state index contributed by atoms with van der Waals surface area (Å²) in [6.45, 7) is 2.22. The van der Waals surface area contributed by atoms with Crippen molar-refractivity contribution in [1.82, 2.24) is 4.90 Å². The van der Waals surface area contributed by atoms with Crippen molar-refractivity contribution in [3.63, 3.8) is 0 Å². The fourth-order valence-corrected chi connectivity index (χ4v) is 3.10. The van der Waals surface area contributed by atoms with E-state index in [9.17, 15) is 23.6 Å². The highest BCUT2D eigenvalue weighted by atomic mass is 19.1. The third kappa shape index (κ3) is 4.77. The SMILES string of the molecule is CC(=O)OCC(=O)C1OCCN(c2ccc(F)c(C(=O)N3CCOCC3)c2)C1=O. The predicted molar refractivity (Wildman–Crippen MR) is 96.9 cm³/mol. The Labute approximate surface area is 166 Å². The van der Waals surface area contributed by atoms with Gasteiger partial charge in [0.25, 0.3) is 11.8 Å². The van der Waals surface area contributed by atoms with E-state index >= 15 is 0 Å². The Hall–Kier alpha value is -2.85. The molecule has 0 spiro atoms. The number of Topliss-reactive ketones (excluding diaryl/α,β-unsaturated/α-hetero) is 1. The van der Waals surface area contributed by atoms with Gasteiger partial charge in [-0.15, -0.1) is 0 Å². The maximum absolute atomic E-state index is 14.3. The van der Waals surface area contributed by atoms with E-state index in [0.29, 0.717) is 26.3 Å². The van der Waals surface area contributed by atoms with Crippen LogP contribution in [0.2, 0.25) is 0 Å². The molecule has 1 aromatic carbocycles. The fourth-order valence-electron chi connectivity index (χ4n) is 3.10. The number of hydrogen-bond donors (Lipinski definition) is 0. The first-order valence-electron chi connectivity index (χ1n) is 9.14. The number of hydrogen-bond acceptors (Lipinski definition) is 7. The lowest BCUT2D eigenvalue weighted by molar-refractivity contribution is -0.154. The molecule has 2 aliphatic heterocycles. The second-order valence-corrected chi connectivity index (χ2v) is 6.56. The number of ketones is 1. The van der Waals surface area contributed by atoms with Gasteiger partial charge in [-0.3, -0.25) is 19.2 Å². The second kappa shape index (κ2) is 9.10. The molecule has 156 valence electrons. The van der Waals surface area contributed by atoms with Gasteiger partial charge in [0.2, 0.25) is 5.78 Å². The van der Waals surface area contributed by atoms with Crippen LogP contribution in [0.4, 0.5) is 10.1 Å². The number of halogens is 1. The predicted octanol–water partition coefficient (Wildman–Crippen LogP) is 0.162. The van der Waals surface area contributed by atoms with Gasteiger partial charge >= 0.3 is 5.97 Å². The van der Waals surface area contributed by atoms with Crippen LogP contribution >= 0.6 is 0 Å². The first-order valence-corrected chi connectivity index (χ1v) is 9.14. The topological polar surface area (TPSA) is 102 Å². The summed E-state index contributed by atoms with van der Waals surface area (Å²) >= 11 is 0. The zero-order chi connectivity index (χ0) is 21.0.